The SMILES string of the molecule is C[C@@H](NC(=O)NC1CCC(CCN[C@H]2CCc3ccccc32)CC1)C(O)(c1ccccc1)c1ccccc1. The Labute approximate surface area is 227 Å². The lowest BCUT2D eigenvalue weighted by Gasteiger charge is -2.36. The third-order valence-electron chi connectivity index (χ3n) is 8.66. The van der Waals surface area contributed by atoms with Crippen molar-refractivity contribution in [3.8, 4) is 0 Å². The largest absolute Gasteiger partial charge is 0.378 e. The summed E-state index contributed by atoms with van der Waals surface area (Å²) in [6.07, 6.45) is 7.85. The number of hydrogen-bond donors (Lipinski definition) is 4. The molecular weight excluding hydrogens is 470 g/mol. The van der Waals surface area contributed by atoms with Gasteiger partial charge in [0.2, 0.25) is 0 Å². The second kappa shape index (κ2) is 12.1. The van der Waals surface area contributed by atoms with Crippen LogP contribution in [-0.2, 0) is 12.0 Å². The van der Waals surface area contributed by atoms with Crippen molar-refractivity contribution >= 4 is 6.03 Å². The lowest BCUT2D eigenvalue weighted by Crippen LogP contribution is -2.54. The van der Waals surface area contributed by atoms with E-state index in [1.807, 2.05) is 67.6 Å². The van der Waals surface area contributed by atoms with E-state index in [0.717, 1.165) is 43.4 Å². The maximum absolute atomic E-state index is 13.0. The number of carbonyl (C=O) groups excluding carboxylic acids is 1. The molecular formula is C33H41N3O2. The average molecular weight is 512 g/mol. The molecule has 200 valence electrons. The van der Waals surface area contributed by atoms with Gasteiger partial charge in [-0.05, 0) is 86.6 Å². The van der Waals surface area contributed by atoms with Crippen LogP contribution in [0.15, 0.2) is 84.9 Å². The van der Waals surface area contributed by atoms with Crippen molar-refractivity contribution in [1.29, 1.82) is 0 Å². The lowest BCUT2D eigenvalue weighted by atomic mass is 9.81. The zero-order chi connectivity index (χ0) is 26.4. The van der Waals surface area contributed by atoms with E-state index in [2.05, 4.69) is 40.2 Å². The van der Waals surface area contributed by atoms with E-state index in [0.29, 0.717) is 12.0 Å². The topological polar surface area (TPSA) is 73.4 Å². The Kier molecular flexibility index (Phi) is 8.45. The molecule has 5 heteroatoms. The summed E-state index contributed by atoms with van der Waals surface area (Å²) >= 11 is 0. The summed E-state index contributed by atoms with van der Waals surface area (Å²) in [5, 5.41) is 21.9. The van der Waals surface area contributed by atoms with Gasteiger partial charge < -0.3 is 21.1 Å². The highest BCUT2D eigenvalue weighted by Crippen LogP contribution is 2.34. The molecule has 5 nitrogen and oxygen atoms in total. The van der Waals surface area contributed by atoms with Gasteiger partial charge in [-0.15, -0.1) is 0 Å². The predicted octanol–water partition coefficient (Wildman–Crippen LogP) is 5.84. The second-order valence-electron chi connectivity index (χ2n) is 11.1. The maximum atomic E-state index is 13.0. The van der Waals surface area contributed by atoms with Gasteiger partial charge >= 0.3 is 6.03 Å². The highest BCUT2D eigenvalue weighted by atomic mass is 16.3. The molecule has 0 saturated heterocycles. The molecule has 0 aliphatic heterocycles. The van der Waals surface area contributed by atoms with Gasteiger partial charge in [0.05, 0.1) is 6.04 Å². The molecule has 3 aromatic rings. The first-order valence-corrected chi connectivity index (χ1v) is 14.3. The number of amides is 2. The zero-order valence-corrected chi connectivity index (χ0v) is 22.4. The van der Waals surface area contributed by atoms with Crippen LogP contribution in [0.2, 0.25) is 0 Å². The van der Waals surface area contributed by atoms with E-state index in [4.69, 9.17) is 0 Å². The van der Waals surface area contributed by atoms with Gasteiger partial charge in [-0.3, -0.25) is 0 Å². The van der Waals surface area contributed by atoms with Gasteiger partial charge in [0.25, 0.3) is 0 Å². The van der Waals surface area contributed by atoms with Crippen LogP contribution in [0.3, 0.4) is 0 Å². The Bertz CT molecular complexity index is 1140. The fourth-order valence-electron chi connectivity index (χ4n) is 6.41. The Morgan fingerprint density at radius 2 is 1.47 bits per heavy atom. The highest BCUT2D eigenvalue weighted by molar-refractivity contribution is 5.75. The molecule has 1 fully saturated rings. The van der Waals surface area contributed by atoms with Crippen molar-refractivity contribution in [2.45, 2.75) is 75.6 Å². The molecule has 1 saturated carbocycles. The summed E-state index contributed by atoms with van der Waals surface area (Å²) in [6, 6.07) is 27.9. The van der Waals surface area contributed by atoms with Crippen LogP contribution in [-0.4, -0.2) is 29.8 Å². The number of aryl methyl sites for hydroxylation is 1. The van der Waals surface area contributed by atoms with Crippen LogP contribution in [0.1, 0.15) is 73.7 Å². The van der Waals surface area contributed by atoms with Gasteiger partial charge in [0, 0.05) is 12.1 Å². The van der Waals surface area contributed by atoms with E-state index in [9.17, 15) is 9.90 Å². The zero-order valence-electron chi connectivity index (χ0n) is 22.4. The van der Waals surface area contributed by atoms with Crippen molar-refractivity contribution in [1.82, 2.24) is 16.0 Å². The quantitative estimate of drug-likeness (QED) is 0.292. The fourth-order valence-corrected chi connectivity index (χ4v) is 6.41. The Hall–Kier alpha value is -3.15. The molecule has 0 heterocycles. The molecule has 2 atom stereocenters. The highest BCUT2D eigenvalue weighted by Gasteiger charge is 2.38. The molecule has 0 bridgehead atoms. The van der Waals surface area contributed by atoms with Crippen LogP contribution < -0.4 is 16.0 Å². The first-order chi connectivity index (χ1) is 18.5. The molecule has 5 rings (SSSR count). The summed E-state index contributed by atoms with van der Waals surface area (Å²) < 4.78 is 0. The number of carbonyl (C=O) groups is 1. The van der Waals surface area contributed by atoms with Crippen LogP contribution in [0.25, 0.3) is 0 Å². The summed E-state index contributed by atoms with van der Waals surface area (Å²) in [6.45, 7) is 2.92. The van der Waals surface area contributed by atoms with Crippen molar-refractivity contribution < 1.29 is 9.90 Å². The van der Waals surface area contributed by atoms with Crippen LogP contribution in [0.5, 0.6) is 0 Å². The van der Waals surface area contributed by atoms with Crippen LogP contribution >= 0.6 is 0 Å². The van der Waals surface area contributed by atoms with E-state index in [1.165, 1.54) is 30.4 Å². The standard InChI is InChI=1S/C33H41N3O2/c1-24(33(38,27-11-4-2-5-12-27)28-13-6-3-7-14-28)35-32(37)36-29-19-16-25(17-20-29)22-23-34-31-21-18-26-10-8-9-15-30(26)31/h2-15,24-25,29,31,34,38H,16-23H2,1H3,(H2,35,36,37)/t24-,25?,29?,31+/m1/s1. The Morgan fingerprint density at radius 1 is 0.868 bits per heavy atom. The van der Waals surface area contributed by atoms with E-state index in [-0.39, 0.29) is 12.1 Å². The van der Waals surface area contributed by atoms with Gasteiger partial charge in [0.1, 0.15) is 5.60 Å². The minimum atomic E-state index is -1.33. The van der Waals surface area contributed by atoms with Crippen LogP contribution in [0.4, 0.5) is 4.79 Å². The van der Waals surface area contributed by atoms with Crippen molar-refractivity contribution in [2.24, 2.45) is 5.92 Å². The summed E-state index contributed by atoms with van der Waals surface area (Å²) in [4.78, 5) is 13.0. The molecule has 0 radical (unpaired) electrons. The van der Waals surface area contributed by atoms with Crippen LogP contribution in [0, 0.1) is 5.92 Å². The summed E-state index contributed by atoms with van der Waals surface area (Å²) in [5.74, 6) is 0.709. The maximum Gasteiger partial charge on any atom is 0.315 e. The molecule has 4 N–H and O–H groups in total. The molecule has 2 aliphatic carbocycles. The molecule has 3 aromatic carbocycles. The number of urea groups is 1. The third kappa shape index (κ3) is 5.95. The minimum Gasteiger partial charge on any atom is -0.378 e. The predicted molar refractivity (Wildman–Crippen MR) is 153 cm³/mol. The van der Waals surface area contributed by atoms with Crippen molar-refractivity contribution in [3.63, 3.8) is 0 Å². The number of aliphatic hydroxyl groups is 1. The second-order valence-corrected chi connectivity index (χ2v) is 11.1. The van der Waals surface area contributed by atoms with Crippen molar-refractivity contribution in [3.05, 3.63) is 107 Å². The Balaban J connectivity index is 1.09. The van der Waals surface area contributed by atoms with Crippen molar-refractivity contribution in [2.75, 3.05) is 6.54 Å². The number of benzene rings is 3. The van der Waals surface area contributed by atoms with E-state index in [1.54, 1.807) is 0 Å². The lowest BCUT2D eigenvalue weighted by molar-refractivity contribution is 0.0470. The molecule has 2 amide bonds. The summed E-state index contributed by atoms with van der Waals surface area (Å²) in [7, 11) is 0. The molecule has 0 spiro atoms. The summed E-state index contributed by atoms with van der Waals surface area (Å²) in [5.41, 5.74) is 3.16. The molecule has 2 aliphatic rings. The Morgan fingerprint density at radius 3 is 2.13 bits per heavy atom. The average Bonchev–Trinajstić information content (AvgIpc) is 3.37. The molecule has 0 aromatic heterocycles. The van der Waals surface area contributed by atoms with E-state index >= 15 is 0 Å². The monoisotopic (exact) mass is 511 g/mol. The van der Waals surface area contributed by atoms with Gasteiger partial charge in [-0.25, -0.2) is 4.79 Å². The third-order valence-corrected chi connectivity index (χ3v) is 8.66. The smallest absolute Gasteiger partial charge is 0.315 e. The number of nitrogens with one attached hydrogen (secondary N) is 3. The van der Waals surface area contributed by atoms with Gasteiger partial charge in [-0.1, -0.05) is 84.9 Å². The number of hydrogen-bond acceptors (Lipinski definition) is 3. The van der Waals surface area contributed by atoms with Gasteiger partial charge in [0.15, 0.2) is 0 Å². The number of fused-ring (bicyclic) bond motifs is 1. The minimum absolute atomic E-state index is 0.176. The normalized spacial score (nSPS) is 21.9. The van der Waals surface area contributed by atoms with Gasteiger partial charge in [-0.2, -0.15) is 0 Å². The van der Waals surface area contributed by atoms with E-state index < -0.39 is 11.6 Å². The molecule has 0 unspecified atom stereocenters. The number of rotatable bonds is 9. The molecule has 38 heavy (non-hydrogen) atoms. The first-order valence-electron chi connectivity index (χ1n) is 14.3. The fraction of sp³-hybridized carbons (Fsp3) is 0.424. The first kappa shape index (κ1) is 26.5.